The van der Waals surface area contributed by atoms with E-state index >= 15 is 4.39 Å². The third-order valence-corrected chi connectivity index (χ3v) is 8.71. The Morgan fingerprint density at radius 1 is 1.02 bits per heavy atom. The van der Waals surface area contributed by atoms with Gasteiger partial charge in [0, 0.05) is 69.4 Å². The van der Waals surface area contributed by atoms with Crippen molar-refractivity contribution >= 4 is 22.7 Å². The van der Waals surface area contributed by atoms with Gasteiger partial charge in [0.05, 0.1) is 17.6 Å². The van der Waals surface area contributed by atoms with Crippen LogP contribution in [0.25, 0.3) is 22.2 Å². The molecule has 2 aliphatic rings. The number of piperazine rings is 1. The molecular weight excluding hydrogens is 587 g/mol. The highest BCUT2D eigenvalue weighted by Crippen LogP contribution is 2.36. The summed E-state index contributed by atoms with van der Waals surface area (Å²) in [4.78, 5) is 22.9. The second kappa shape index (κ2) is 13.2. The number of pyridine rings is 1. The number of hydrogen-bond acceptors (Lipinski definition) is 8. The van der Waals surface area contributed by atoms with E-state index in [1.165, 1.54) is 4.90 Å². The minimum atomic E-state index is -1.06. The largest absolute Gasteiger partial charge is 0.493 e. The average molecular weight is 631 g/mol. The Bertz CT molecular complexity index is 1670. The Morgan fingerprint density at radius 2 is 1.78 bits per heavy atom. The van der Waals surface area contributed by atoms with E-state index in [4.69, 9.17) is 14.6 Å². The molecule has 2 aromatic carbocycles. The van der Waals surface area contributed by atoms with Gasteiger partial charge in [0.1, 0.15) is 24.1 Å². The molecule has 244 valence electrons. The van der Waals surface area contributed by atoms with Gasteiger partial charge in [-0.15, -0.1) is 0 Å². The molecule has 2 aliphatic heterocycles. The van der Waals surface area contributed by atoms with Crippen molar-refractivity contribution in [1.82, 2.24) is 24.6 Å². The minimum Gasteiger partial charge on any atom is -0.493 e. The highest BCUT2D eigenvalue weighted by Gasteiger charge is 2.35. The molecule has 2 atom stereocenters. The quantitative estimate of drug-likeness (QED) is 0.281. The Kier molecular flexibility index (Phi) is 9.04. The molecule has 4 aromatic rings. The van der Waals surface area contributed by atoms with Crippen LogP contribution >= 0.6 is 0 Å². The number of hydrogen-bond donors (Lipinski definition) is 1. The van der Waals surface area contributed by atoms with E-state index < -0.39 is 17.9 Å². The summed E-state index contributed by atoms with van der Waals surface area (Å²) in [7, 11) is 1.92. The van der Waals surface area contributed by atoms with E-state index in [9.17, 15) is 9.90 Å². The number of halogens is 1. The molecule has 6 rings (SSSR count). The summed E-state index contributed by atoms with van der Waals surface area (Å²) in [6.07, 6.45) is -0.861. The lowest BCUT2D eigenvalue weighted by molar-refractivity contribution is 0.00145. The van der Waals surface area contributed by atoms with Crippen molar-refractivity contribution in [3.8, 4) is 23.0 Å². The van der Waals surface area contributed by atoms with E-state index in [1.54, 1.807) is 12.1 Å². The number of likely N-dealkylation sites (tertiary alicyclic amines) is 1. The first-order valence-corrected chi connectivity index (χ1v) is 16.0. The van der Waals surface area contributed by atoms with E-state index in [2.05, 4.69) is 33.0 Å². The summed E-state index contributed by atoms with van der Waals surface area (Å²) >= 11 is 0. The van der Waals surface area contributed by atoms with Crippen molar-refractivity contribution in [2.24, 2.45) is 13.0 Å². The monoisotopic (exact) mass is 630 g/mol. The standard InChI is InChI=1S/C35H43FN6O4/c1-35(2,3)46-34(44)42-15-14-25(29(36)22-42)21-40-16-18-41(19-17-40)26-10-11-27-30(20-26)39(4)38-32(27)28-12-13-31(43)37-33(28)45-23-24-8-6-5-7-9-24/h5-13,20,25,29H,14-19,21-23H2,1-4H3,(H,37,43)/t25-,29+/m1/s1. The first-order valence-electron chi connectivity index (χ1n) is 16.0. The van der Waals surface area contributed by atoms with Crippen LogP contribution in [0.4, 0.5) is 14.9 Å². The van der Waals surface area contributed by atoms with Gasteiger partial charge in [-0.05, 0) is 57.0 Å². The molecule has 2 saturated heterocycles. The molecule has 11 heteroatoms. The van der Waals surface area contributed by atoms with Crippen molar-refractivity contribution in [3.05, 3.63) is 66.2 Å². The van der Waals surface area contributed by atoms with Gasteiger partial charge in [-0.3, -0.25) is 9.58 Å². The highest BCUT2D eigenvalue weighted by atomic mass is 19.1. The van der Waals surface area contributed by atoms with E-state index in [0.29, 0.717) is 37.6 Å². The van der Waals surface area contributed by atoms with Crippen LogP contribution < -0.4 is 9.64 Å². The zero-order chi connectivity index (χ0) is 32.4. The number of ether oxygens (including phenoxy) is 2. The number of benzene rings is 2. The van der Waals surface area contributed by atoms with Gasteiger partial charge in [-0.2, -0.15) is 10.1 Å². The van der Waals surface area contributed by atoms with Crippen molar-refractivity contribution < 1.29 is 23.8 Å². The number of carbonyl (C=O) groups is 1. The lowest BCUT2D eigenvalue weighted by atomic mass is 9.94. The molecule has 10 nitrogen and oxygen atoms in total. The number of piperidine rings is 1. The maximum Gasteiger partial charge on any atom is 0.410 e. The number of carbonyl (C=O) groups excluding carboxylic acids is 1. The maximum absolute atomic E-state index is 15.1. The number of fused-ring (bicyclic) bond motifs is 1. The van der Waals surface area contributed by atoms with Gasteiger partial charge >= 0.3 is 6.09 Å². The summed E-state index contributed by atoms with van der Waals surface area (Å²) in [5, 5.41) is 15.9. The summed E-state index contributed by atoms with van der Waals surface area (Å²) in [5.41, 5.74) is 3.96. The molecule has 1 N–H and O–H groups in total. The Labute approximate surface area is 269 Å². The molecule has 0 saturated carbocycles. The lowest BCUT2D eigenvalue weighted by Crippen LogP contribution is -2.52. The van der Waals surface area contributed by atoms with Gasteiger partial charge in [-0.25, -0.2) is 9.18 Å². The van der Waals surface area contributed by atoms with Gasteiger partial charge in [0.15, 0.2) is 0 Å². The highest BCUT2D eigenvalue weighted by molar-refractivity contribution is 5.96. The van der Waals surface area contributed by atoms with Crippen LogP contribution in [0.1, 0.15) is 32.8 Å². The fourth-order valence-corrected chi connectivity index (χ4v) is 6.26. The van der Waals surface area contributed by atoms with E-state index in [-0.39, 0.29) is 18.3 Å². The number of aryl methyl sites for hydroxylation is 1. The van der Waals surface area contributed by atoms with Gasteiger partial charge in [-0.1, -0.05) is 30.3 Å². The van der Waals surface area contributed by atoms with Crippen molar-refractivity contribution in [2.75, 3.05) is 50.7 Å². The number of rotatable bonds is 7. The van der Waals surface area contributed by atoms with Crippen molar-refractivity contribution in [3.63, 3.8) is 0 Å². The normalized spacial score (nSPS) is 19.4. The first-order chi connectivity index (χ1) is 22.0. The molecular formula is C35H43FN6O4. The molecule has 0 radical (unpaired) electrons. The summed E-state index contributed by atoms with van der Waals surface area (Å²) < 4.78 is 28.5. The number of alkyl halides is 1. The van der Waals surface area contributed by atoms with Gasteiger partial charge in [0.25, 0.3) is 0 Å². The van der Waals surface area contributed by atoms with Crippen LogP contribution in [-0.2, 0) is 18.4 Å². The van der Waals surface area contributed by atoms with Crippen LogP contribution in [-0.4, -0.2) is 93.4 Å². The van der Waals surface area contributed by atoms with Crippen LogP contribution in [0, 0.1) is 5.92 Å². The number of anilines is 1. The molecule has 0 spiro atoms. The van der Waals surface area contributed by atoms with Crippen LogP contribution in [0.3, 0.4) is 0 Å². The smallest absolute Gasteiger partial charge is 0.410 e. The molecule has 0 bridgehead atoms. The number of aromatic hydroxyl groups is 1. The molecule has 0 unspecified atom stereocenters. The molecule has 1 amide bonds. The summed E-state index contributed by atoms with van der Waals surface area (Å²) in [6.45, 7) is 10.5. The first kappa shape index (κ1) is 31.6. The van der Waals surface area contributed by atoms with Gasteiger partial charge < -0.3 is 24.4 Å². The number of nitrogens with zero attached hydrogens (tertiary/aromatic N) is 6. The topological polar surface area (TPSA) is 96.2 Å². The predicted octanol–water partition coefficient (Wildman–Crippen LogP) is 5.64. The zero-order valence-electron chi connectivity index (χ0n) is 27.0. The van der Waals surface area contributed by atoms with Gasteiger partial charge in [0.2, 0.25) is 11.8 Å². The SMILES string of the molecule is Cn1nc(-c2ccc(O)nc2OCc2ccccc2)c2ccc(N3CCN(C[C@H]4CCN(C(=O)OC(C)(C)C)C[C@@H]4F)CC3)cc21. The van der Waals surface area contributed by atoms with Crippen LogP contribution in [0.5, 0.6) is 11.8 Å². The fraction of sp³-hybridized carbons (Fsp3) is 0.457. The molecule has 2 aromatic heterocycles. The summed E-state index contributed by atoms with van der Waals surface area (Å²) in [6, 6.07) is 19.5. The minimum absolute atomic E-state index is 0.0904. The Hall–Kier alpha value is -4.38. The Balaban J connectivity index is 1.09. The third-order valence-electron chi connectivity index (χ3n) is 8.71. The predicted molar refractivity (Wildman–Crippen MR) is 176 cm³/mol. The van der Waals surface area contributed by atoms with Crippen LogP contribution in [0.15, 0.2) is 60.7 Å². The molecule has 4 heterocycles. The lowest BCUT2D eigenvalue weighted by Gasteiger charge is -2.40. The van der Waals surface area contributed by atoms with Crippen LogP contribution in [0.2, 0.25) is 0 Å². The van der Waals surface area contributed by atoms with Crippen molar-refractivity contribution in [1.29, 1.82) is 0 Å². The maximum atomic E-state index is 15.1. The Morgan fingerprint density at radius 3 is 2.50 bits per heavy atom. The number of aromatic nitrogens is 3. The molecule has 0 aliphatic carbocycles. The zero-order valence-corrected chi connectivity index (χ0v) is 27.0. The fourth-order valence-electron chi connectivity index (χ4n) is 6.26. The van der Waals surface area contributed by atoms with E-state index in [0.717, 1.165) is 54.0 Å². The second-order valence-corrected chi connectivity index (χ2v) is 13.2. The second-order valence-electron chi connectivity index (χ2n) is 13.2. The molecule has 46 heavy (non-hydrogen) atoms. The average Bonchev–Trinajstić information content (AvgIpc) is 3.36. The van der Waals surface area contributed by atoms with Crippen molar-refractivity contribution in [2.45, 2.75) is 45.6 Å². The third kappa shape index (κ3) is 7.20. The van der Waals surface area contributed by atoms with E-state index in [1.807, 2.05) is 62.8 Å². The molecule has 2 fully saturated rings. The summed E-state index contributed by atoms with van der Waals surface area (Å²) in [5.74, 6) is 0.127. The number of amides is 1.